The maximum atomic E-state index is 4.37. The Balaban J connectivity index is 2.04. The molecule has 0 aliphatic carbocycles. The highest BCUT2D eigenvalue weighted by atomic mass is 15.4. The first-order valence-electron chi connectivity index (χ1n) is 6.24. The molecule has 0 aliphatic heterocycles. The summed E-state index contributed by atoms with van der Waals surface area (Å²) in [6, 6.07) is 0.329. The van der Waals surface area contributed by atoms with Crippen molar-refractivity contribution in [2.45, 2.75) is 32.9 Å². The summed E-state index contributed by atoms with van der Waals surface area (Å²) in [5, 5.41) is 7.35. The molecule has 6 heteroatoms. The lowest BCUT2D eigenvalue weighted by molar-refractivity contribution is 0.496. The zero-order valence-electron chi connectivity index (χ0n) is 11.2. The van der Waals surface area contributed by atoms with E-state index < -0.39 is 0 Å². The highest BCUT2D eigenvalue weighted by molar-refractivity contribution is 4.99. The van der Waals surface area contributed by atoms with Crippen molar-refractivity contribution >= 4 is 0 Å². The summed E-state index contributed by atoms with van der Waals surface area (Å²) in [7, 11) is 1.95. The second-order valence-electron chi connectivity index (χ2n) is 4.61. The number of hydrogen-bond acceptors (Lipinski definition) is 4. The molecule has 0 spiro atoms. The summed E-state index contributed by atoms with van der Waals surface area (Å²) in [6.07, 6.45) is 6.47. The largest absolute Gasteiger partial charge is 0.330 e. The summed E-state index contributed by atoms with van der Waals surface area (Å²) in [4.78, 5) is 8.67. The number of nitrogens with one attached hydrogen (secondary N) is 1. The van der Waals surface area contributed by atoms with Crippen molar-refractivity contribution in [1.82, 2.24) is 29.6 Å². The van der Waals surface area contributed by atoms with Gasteiger partial charge in [0.2, 0.25) is 0 Å². The Labute approximate surface area is 107 Å². The average Bonchev–Trinajstić information content (AvgIpc) is 2.96. The molecule has 2 heterocycles. The molecule has 2 rings (SSSR count). The molecular formula is C12H20N6. The zero-order valence-corrected chi connectivity index (χ0v) is 11.2. The van der Waals surface area contributed by atoms with Gasteiger partial charge in [-0.2, -0.15) is 5.10 Å². The quantitative estimate of drug-likeness (QED) is 0.824. The van der Waals surface area contributed by atoms with Gasteiger partial charge in [-0.25, -0.2) is 14.6 Å². The highest BCUT2D eigenvalue weighted by Gasteiger charge is 2.08. The van der Waals surface area contributed by atoms with Crippen molar-refractivity contribution < 1.29 is 0 Å². The van der Waals surface area contributed by atoms with Crippen molar-refractivity contribution in [3.05, 3.63) is 30.4 Å². The first-order valence-corrected chi connectivity index (χ1v) is 6.24. The molecule has 0 saturated carbocycles. The monoisotopic (exact) mass is 248 g/mol. The Morgan fingerprint density at radius 1 is 1.33 bits per heavy atom. The molecule has 98 valence electrons. The van der Waals surface area contributed by atoms with Gasteiger partial charge in [0.25, 0.3) is 0 Å². The molecule has 0 bridgehead atoms. The van der Waals surface area contributed by atoms with Crippen LogP contribution < -0.4 is 5.32 Å². The number of nitrogens with zero attached hydrogens (tertiary/aromatic N) is 5. The number of rotatable bonds is 6. The fraction of sp³-hybridized carbons (Fsp3) is 0.583. The molecule has 0 saturated heterocycles. The first kappa shape index (κ1) is 12.8. The van der Waals surface area contributed by atoms with Gasteiger partial charge in [0.1, 0.15) is 12.2 Å². The van der Waals surface area contributed by atoms with Crippen molar-refractivity contribution in [2.24, 2.45) is 0 Å². The van der Waals surface area contributed by atoms with Crippen LogP contribution in [0.1, 0.15) is 31.4 Å². The third kappa shape index (κ3) is 2.95. The first-order chi connectivity index (χ1) is 8.70. The van der Waals surface area contributed by atoms with E-state index in [1.165, 1.54) is 0 Å². The Morgan fingerprint density at radius 2 is 2.17 bits per heavy atom. The van der Waals surface area contributed by atoms with Gasteiger partial charge in [-0.05, 0) is 20.9 Å². The zero-order chi connectivity index (χ0) is 13.0. The molecule has 18 heavy (non-hydrogen) atoms. The van der Waals surface area contributed by atoms with Gasteiger partial charge in [-0.15, -0.1) is 0 Å². The van der Waals surface area contributed by atoms with Gasteiger partial charge < -0.3 is 9.88 Å². The molecule has 0 unspecified atom stereocenters. The van der Waals surface area contributed by atoms with Crippen LogP contribution in [0.5, 0.6) is 0 Å². The molecule has 0 atom stereocenters. The molecular weight excluding hydrogens is 228 g/mol. The van der Waals surface area contributed by atoms with Gasteiger partial charge in [-0.1, -0.05) is 0 Å². The van der Waals surface area contributed by atoms with Gasteiger partial charge >= 0.3 is 0 Å². The third-order valence-electron chi connectivity index (χ3n) is 2.78. The Hall–Kier alpha value is -1.69. The lowest BCUT2D eigenvalue weighted by Crippen LogP contribution is -2.11. The summed E-state index contributed by atoms with van der Waals surface area (Å²) in [6.45, 7) is 5.86. The predicted octanol–water partition coefficient (Wildman–Crippen LogP) is 0.866. The number of hydrogen-bond donors (Lipinski definition) is 1. The topological polar surface area (TPSA) is 60.6 Å². The van der Waals surface area contributed by atoms with Gasteiger partial charge in [-0.3, -0.25) is 0 Å². The third-order valence-corrected chi connectivity index (χ3v) is 2.78. The maximum absolute atomic E-state index is 4.37. The van der Waals surface area contributed by atoms with E-state index in [1.807, 2.05) is 22.6 Å². The molecule has 2 aromatic heterocycles. The van der Waals surface area contributed by atoms with Crippen LogP contribution in [0.15, 0.2) is 18.9 Å². The fourth-order valence-electron chi connectivity index (χ4n) is 1.86. The minimum absolute atomic E-state index is 0.329. The summed E-state index contributed by atoms with van der Waals surface area (Å²) >= 11 is 0. The predicted molar refractivity (Wildman–Crippen MR) is 69.4 cm³/mol. The van der Waals surface area contributed by atoms with E-state index in [0.29, 0.717) is 12.6 Å². The van der Waals surface area contributed by atoms with Crippen molar-refractivity contribution in [1.29, 1.82) is 0 Å². The minimum atomic E-state index is 0.329. The van der Waals surface area contributed by atoms with Crippen LogP contribution in [0.4, 0.5) is 0 Å². The number of likely N-dealkylation sites (N-methyl/N-ethyl adjacent to an activating group) is 1. The Bertz CT molecular complexity index is 484. The van der Waals surface area contributed by atoms with Gasteiger partial charge in [0.05, 0.1) is 18.6 Å². The van der Waals surface area contributed by atoms with Crippen LogP contribution in [0.3, 0.4) is 0 Å². The molecule has 1 N–H and O–H groups in total. The normalized spacial score (nSPS) is 11.3. The Kier molecular flexibility index (Phi) is 4.09. The van der Waals surface area contributed by atoms with E-state index >= 15 is 0 Å². The summed E-state index contributed by atoms with van der Waals surface area (Å²) < 4.78 is 3.99. The lowest BCUT2D eigenvalue weighted by atomic mass is 10.3. The number of imidazole rings is 1. The van der Waals surface area contributed by atoms with Crippen LogP contribution >= 0.6 is 0 Å². The SMILES string of the molecule is CNCCc1cn(Cc2ncnn2C(C)C)cn1. The van der Waals surface area contributed by atoms with Crippen LogP contribution in [0, 0.1) is 0 Å². The molecule has 0 fully saturated rings. The number of aromatic nitrogens is 5. The standard InChI is InChI=1S/C12H20N6/c1-10(2)18-12(14-8-16-18)7-17-6-11(15-9-17)4-5-13-3/h6,8-10,13H,4-5,7H2,1-3H3. The van der Waals surface area contributed by atoms with Crippen LogP contribution in [0.25, 0.3) is 0 Å². The molecule has 0 aliphatic rings. The average molecular weight is 248 g/mol. The minimum Gasteiger partial charge on any atom is -0.330 e. The van der Waals surface area contributed by atoms with Crippen molar-refractivity contribution in [3.8, 4) is 0 Å². The van der Waals surface area contributed by atoms with Crippen LogP contribution in [-0.2, 0) is 13.0 Å². The Morgan fingerprint density at radius 3 is 2.89 bits per heavy atom. The molecule has 0 radical (unpaired) electrons. The van der Waals surface area contributed by atoms with Crippen LogP contribution in [0.2, 0.25) is 0 Å². The maximum Gasteiger partial charge on any atom is 0.147 e. The van der Waals surface area contributed by atoms with Crippen molar-refractivity contribution in [3.63, 3.8) is 0 Å². The molecule has 0 amide bonds. The van der Waals surface area contributed by atoms with E-state index in [0.717, 1.165) is 24.5 Å². The van der Waals surface area contributed by atoms with E-state index in [1.54, 1.807) is 6.33 Å². The van der Waals surface area contributed by atoms with Gasteiger partial charge in [0, 0.05) is 25.2 Å². The second kappa shape index (κ2) is 5.77. The van der Waals surface area contributed by atoms with Crippen molar-refractivity contribution in [2.75, 3.05) is 13.6 Å². The van der Waals surface area contributed by atoms with E-state index in [2.05, 4.69) is 40.4 Å². The molecule has 6 nitrogen and oxygen atoms in total. The summed E-state index contributed by atoms with van der Waals surface area (Å²) in [5.74, 6) is 0.961. The van der Waals surface area contributed by atoms with Gasteiger partial charge in [0.15, 0.2) is 0 Å². The molecule has 2 aromatic rings. The smallest absolute Gasteiger partial charge is 0.147 e. The van der Waals surface area contributed by atoms with Crippen LogP contribution in [-0.4, -0.2) is 37.9 Å². The van der Waals surface area contributed by atoms with E-state index in [-0.39, 0.29) is 0 Å². The summed E-state index contributed by atoms with van der Waals surface area (Å²) in [5.41, 5.74) is 1.10. The van der Waals surface area contributed by atoms with E-state index in [9.17, 15) is 0 Å². The highest BCUT2D eigenvalue weighted by Crippen LogP contribution is 2.07. The fourth-order valence-corrected chi connectivity index (χ4v) is 1.86. The molecule has 0 aromatic carbocycles. The second-order valence-corrected chi connectivity index (χ2v) is 4.61. The lowest BCUT2D eigenvalue weighted by Gasteiger charge is -2.09. The van der Waals surface area contributed by atoms with E-state index in [4.69, 9.17) is 0 Å².